The van der Waals surface area contributed by atoms with E-state index in [9.17, 15) is 4.79 Å². The number of carbonyl (C=O) groups excluding carboxylic acids is 1. The molecule has 6 heteroatoms. The number of carbonyl (C=O) groups is 1. The molecule has 0 aromatic carbocycles. The smallest absolute Gasteiger partial charge is 0.339 e. The van der Waals surface area contributed by atoms with Crippen LogP contribution >= 0.6 is 0 Å². The molecule has 0 aliphatic carbocycles. The molecule has 2 rings (SSSR count). The highest BCUT2D eigenvalue weighted by Gasteiger charge is 2.12. The predicted molar refractivity (Wildman–Crippen MR) is 62.2 cm³/mol. The quantitative estimate of drug-likeness (QED) is 0.740. The summed E-state index contributed by atoms with van der Waals surface area (Å²) in [5.41, 5.74) is 0.941. The molecule has 0 unspecified atom stereocenters. The Kier molecular flexibility index (Phi) is 3.06. The van der Waals surface area contributed by atoms with Crippen molar-refractivity contribution in [1.29, 1.82) is 5.26 Å². The third-order valence-corrected chi connectivity index (χ3v) is 2.46. The van der Waals surface area contributed by atoms with Crippen molar-refractivity contribution in [2.75, 3.05) is 7.11 Å². The van der Waals surface area contributed by atoms with Crippen LogP contribution in [0.4, 0.5) is 0 Å². The lowest BCUT2D eigenvalue weighted by molar-refractivity contribution is 0.0599. The number of aryl methyl sites for hydroxylation is 1. The van der Waals surface area contributed by atoms with Gasteiger partial charge in [-0.1, -0.05) is 0 Å². The maximum absolute atomic E-state index is 11.4. The second kappa shape index (κ2) is 4.67. The van der Waals surface area contributed by atoms with Crippen LogP contribution in [-0.4, -0.2) is 27.6 Å². The average Bonchev–Trinajstić information content (AvgIpc) is 2.86. The molecular weight excluding hydrogens is 232 g/mol. The van der Waals surface area contributed by atoms with Gasteiger partial charge in [-0.25, -0.2) is 14.8 Å². The number of hydrogen-bond donors (Lipinski definition) is 0. The summed E-state index contributed by atoms with van der Waals surface area (Å²) in [7, 11) is 1.32. The number of hydrogen-bond acceptors (Lipinski definition) is 5. The highest BCUT2D eigenvalue weighted by atomic mass is 16.5. The molecule has 0 saturated heterocycles. The molecule has 0 amide bonds. The predicted octanol–water partition coefficient (Wildman–Crippen LogP) is 1.23. The van der Waals surface area contributed by atoms with Crippen molar-refractivity contribution in [2.24, 2.45) is 0 Å². The zero-order chi connectivity index (χ0) is 13.1. The SMILES string of the molecule is COC(=O)c1ccc(-n2ccnc2C#N)nc1C. The van der Waals surface area contributed by atoms with E-state index in [2.05, 4.69) is 14.7 Å². The number of esters is 1. The lowest BCUT2D eigenvalue weighted by atomic mass is 10.2. The highest BCUT2D eigenvalue weighted by molar-refractivity contribution is 5.90. The van der Waals surface area contributed by atoms with Gasteiger partial charge in [0.05, 0.1) is 18.4 Å². The molecule has 2 heterocycles. The normalized spacial score (nSPS) is 9.83. The fourth-order valence-electron chi connectivity index (χ4n) is 1.58. The number of nitrogens with zero attached hydrogens (tertiary/aromatic N) is 4. The van der Waals surface area contributed by atoms with E-state index in [-0.39, 0.29) is 5.82 Å². The van der Waals surface area contributed by atoms with Crippen LogP contribution in [0.1, 0.15) is 21.9 Å². The Hall–Kier alpha value is -2.68. The Morgan fingerprint density at radius 1 is 1.50 bits per heavy atom. The van der Waals surface area contributed by atoms with E-state index >= 15 is 0 Å². The summed E-state index contributed by atoms with van der Waals surface area (Å²) in [5, 5.41) is 8.88. The van der Waals surface area contributed by atoms with E-state index in [1.807, 2.05) is 6.07 Å². The van der Waals surface area contributed by atoms with Gasteiger partial charge < -0.3 is 4.74 Å². The molecule has 2 aromatic rings. The van der Waals surface area contributed by atoms with Gasteiger partial charge in [-0.15, -0.1) is 0 Å². The first kappa shape index (κ1) is 11.8. The van der Waals surface area contributed by atoms with E-state index in [0.717, 1.165) is 0 Å². The molecule has 0 radical (unpaired) electrons. The van der Waals surface area contributed by atoms with Crippen molar-refractivity contribution in [3.63, 3.8) is 0 Å². The van der Waals surface area contributed by atoms with Gasteiger partial charge >= 0.3 is 5.97 Å². The summed E-state index contributed by atoms with van der Waals surface area (Å²) >= 11 is 0. The first-order chi connectivity index (χ1) is 8.67. The second-order valence-electron chi connectivity index (χ2n) is 3.53. The zero-order valence-electron chi connectivity index (χ0n) is 9.91. The van der Waals surface area contributed by atoms with Crippen LogP contribution in [0.25, 0.3) is 5.82 Å². The summed E-state index contributed by atoms with van der Waals surface area (Å²) in [6.07, 6.45) is 3.15. The average molecular weight is 242 g/mol. The standard InChI is InChI=1S/C12H10N4O2/c1-8-9(12(17)18-2)3-4-10(15-8)16-6-5-14-11(16)7-13/h3-6H,1-2H3. The number of rotatable bonds is 2. The molecular formula is C12H10N4O2. The van der Waals surface area contributed by atoms with E-state index in [0.29, 0.717) is 17.1 Å². The van der Waals surface area contributed by atoms with E-state index in [1.165, 1.54) is 13.3 Å². The fraction of sp³-hybridized carbons (Fsp3) is 0.167. The van der Waals surface area contributed by atoms with Gasteiger partial charge in [0.15, 0.2) is 0 Å². The van der Waals surface area contributed by atoms with Crippen LogP contribution in [0.2, 0.25) is 0 Å². The number of nitriles is 1. The number of pyridine rings is 1. The molecule has 0 aliphatic heterocycles. The Morgan fingerprint density at radius 3 is 2.89 bits per heavy atom. The largest absolute Gasteiger partial charge is 0.465 e. The fourth-order valence-corrected chi connectivity index (χ4v) is 1.58. The number of aromatic nitrogens is 3. The Bertz CT molecular complexity index is 640. The zero-order valence-corrected chi connectivity index (χ0v) is 9.91. The van der Waals surface area contributed by atoms with Crippen molar-refractivity contribution in [2.45, 2.75) is 6.92 Å². The Morgan fingerprint density at radius 2 is 2.28 bits per heavy atom. The molecule has 2 aromatic heterocycles. The molecule has 0 N–H and O–H groups in total. The third kappa shape index (κ3) is 1.94. The van der Waals surface area contributed by atoms with Crippen LogP contribution in [0.15, 0.2) is 24.5 Å². The minimum Gasteiger partial charge on any atom is -0.465 e. The number of imidazole rings is 1. The molecule has 0 spiro atoms. The molecule has 0 atom stereocenters. The first-order valence-electron chi connectivity index (χ1n) is 5.17. The van der Waals surface area contributed by atoms with Crippen molar-refractivity contribution < 1.29 is 9.53 Å². The summed E-state index contributed by atoms with van der Waals surface area (Å²) in [5.74, 6) is 0.347. The van der Waals surface area contributed by atoms with Gasteiger partial charge in [0.1, 0.15) is 11.9 Å². The van der Waals surface area contributed by atoms with Gasteiger partial charge in [-0.2, -0.15) is 5.26 Å². The molecule has 0 saturated carbocycles. The van der Waals surface area contributed by atoms with Crippen molar-refractivity contribution in [3.05, 3.63) is 41.6 Å². The molecule has 90 valence electrons. The van der Waals surface area contributed by atoms with Crippen molar-refractivity contribution >= 4 is 5.97 Å². The van der Waals surface area contributed by atoms with E-state index in [4.69, 9.17) is 5.26 Å². The third-order valence-electron chi connectivity index (χ3n) is 2.46. The van der Waals surface area contributed by atoms with Crippen LogP contribution in [0, 0.1) is 18.3 Å². The second-order valence-corrected chi connectivity index (χ2v) is 3.53. The van der Waals surface area contributed by atoms with Gasteiger partial charge in [0.25, 0.3) is 0 Å². The summed E-state index contributed by atoms with van der Waals surface area (Å²) in [6.45, 7) is 1.71. The summed E-state index contributed by atoms with van der Waals surface area (Å²) in [4.78, 5) is 19.6. The molecule has 6 nitrogen and oxygen atoms in total. The van der Waals surface area contributed by atoms with Crippen LogP contribution in [0.3, 0.4) is 0 Å². The first-order valence-corrected chi connectivity index (χ1v) is 5.17. The van der Waals surface area contributed by atoms with Crippen LogP contribution < -0.4 is 0 Å². The van der Waals surface area contributed by atoms with E-state index in [1.54, 1.807) is 29.8 Å². The van der Waals surface area contributed by atoms with Gasteiger partial charge in [-0.05, 0) is 19.1 Å². The van der Waals surface area contributed by atoms with Crippen molar-refractivity contribution in [1.82, 2.24) is 14.5 Å². The number of ether oxygens (including phenoxy) is 1. The van der Waals surface area contributed by atoms with Crippen molar-refractivity contribution in [3.8, 4) is 11.9 Å². The topological polar surface area (TPSA) is 80.8 Å². The Balaban J connectivity index is 2.47. The summed E-state index contributed by atoms with van der Waals surface area (Å²) < 4.78 is 6.19. The monoisotopic (exact) mass is 242 g/mol. The highest BCUT2D eigenvalue weighted by Crippen LogP contribution is 2.12. The summed E-state index contributed by atoms with van der Waals surface area (Å²) in [6, 6.07) is 5.22. The number of methoxy groups -OCH3 is 1. The maximum atomic E-state index is 11.4. The van der Waals surface area contributed by atoms with Gasteiger partial charge in [0, 0.05) is 12.4 Å². The van der Waals surface area contributed by atoms with Crippen LogP contribution in [-0.2, 0) is 4.74 Å². The van der Waals surface area contributed by atoms with Crippen LogP contribution in [0.5, 0.6) is 0 Å². The minimum absolute atomic E-state index is 0.243. The molecule has 0 bridgehead atoms. The maximum Gasteiger partial charge on any atom is 0.339 e. The molecule has 18 heavy (non-hydrogen) atoms. The lowest BCUT2D eigenvalue weighted by Gasteiger charge is -2.07. The molecule has 0 fully saturated rings. The lowest BCUT2D eigenvalue weighted by Crippen LogP contribution is -2.08. The van der Waals surface area contributed by atoms with Gasteiger partial charge in [0.2, 0.25) is 5.82 Å². The molecule has 0 aliphatic rings. The van der Waals surface area contributed by atoms with E-state index < -0.39 is 5.97 Å². The van der Waals surface area contributed by atoms with Gasteiger partial charge in [-0.3, -0.25) is 4.57 Å². The minimum atomic E-state index is -0.433. The Labute approximate surface area is 103 Å².